The fourth-order valence-corrected chi connectivity index (χ4v) is 4.06. The minimum atomic E-state index is 0.210. The number of fused-ring (bicyclic) bond motifs is 1. The number of rotatable bonds is 2. The second kappa shape index (κ2) is 5.28. The molecule has 0 spiro atoms. The lowest BCUT2D eigenvalue weighted by Gasteiger charge is -2.25. The monoisotopic (exact) mass is 278 g/mol. The molecule has 108 valence electrons. The van der Waals surface area contributed by atoms with Gasteiger partial charge in [-0.05, 0) is 42.0 Å². The van der Waals surface area contributed by atoms with Crippen LogP contribution in [-0.4, -0.2) is 18.0 Å². The van der Waals surface area contributed by atoms with Crippen molar-refractivity contribution in [2.24, 2.45) is 5.73 Å². The maximum absolute atomic E-state index is 6.32. The van der Waals surface area contributed by atoms with E-state index in [0.717, 1.165) is 13.0 Å². The van der Waals surface area contributed by atoms with Crippen molar-refractivity contribution in [2.45, 2.75) is 30.8 Å². The van der Waals surface area contributed by atoms with Gasteiger partial charge < -0.3 is 5.73 Å². The molecule has 1 heterocycles. The average molecular weight is 278 g/mol. The zero-order valence-corrected chi connectivity index (χ0v) is 12.3. The van der Waals surface area contributed by atoms with Crippen molar-refractivity contribution in [3.63, 3.8) is 0 Å². The van der Waals surface area contributed by atoms with E-state index in [1.165, 1.54) is 29.7 Å². The normalized spacial score (nSPS) is 28.7. The summed E-state index contributed by atoms with van der Waals surface area (Å²) in [6, 6.07) is 20.4. The van der Waals surface area contributed by atoms with Crippen LogP contribution in [0.25, 0.3) is 0 Å². The van der Waals surface area contributed by atoms with Crippen LogP contribution in [0.4, 0.5) is 0 Å². The molecule has 1 aliphatic heterocycles. The van der Waals surface area contributed by atoms with E-state index < -0.39 is 0 Å². The highest BCUT2D eigenvalue weighted by Crippen LogP contribution is 2.43. The van der Waals surface area contributed by atoms with E-state index in [1.54, 1.807) is 0 Å². The topological polar surface area (TPSA) is 29.3 Å². The van der Waals surface area contributed by atoms with Gasteiger partial charge in [0.25, 0.3) is 0 Å². The van der Waals surface area contributed by atoms with Gasteiger partial charge in [0.15, 0.2) is 0 Å². The van der Waals surface area contributed by atoms with Gasteiger partial charge in [0, 0.05) is 18.6 Å². The van der Waals surface area contributed by atoms with Gasteiger partial charge in [-0.15, -0.1) is 0 Å². The number of hydrogen-bond donors (Lipinski definition) is 1. The molecule has 1 aliphatic carbocycles. The highest BCUT2D eigenvalue weighted by molar-refractivity contribution is 5.37. The predicted octanol–water partition coefficient (Wildman–Crippen LogP) is 3.62. The molecule has 0 amide bonds. The van der Waals surface area contributed by atoms with Crippen molar-refractivity contribution in [3.8, 4) is 0 Å². The molecule has 2 aromatic rings. The van der Waals surface area contributed by atoms with Gasteiger partial charge in [-0.25, -0.2) is 0 Å². The Hall–Kier alpha value is -1.64. The van der Waals surface area contributed by atoms with Crippen LogP contribution in [-0.2, 0) is 0 Å². The Kier molecular flexibility index (Phi) is 3.28. The van der Waals surface area contributed by atoms with Gasteiger partial charge in [0.2, 0.25) is 0 Å². The zero-order chi connectivity index (χ0) is 14.2. The molecule has 0 radical (unpaired) electrons. The second-order valence-electron chi connectivity index (χ2n) is 6.38. The van der Waals surface area contributed by atoms with Gasteiger partial charge in [-0.2, -0.15) is 0 Å². The molecular weight excluding hydrogens is 256 g/mol. The van der Waals surface area contributed by atoms with E-state index in [9.17, 15) is 0 Å². The van der Waals surface area contributed by atoms with Crippen LogP contribution in [0.3, 0.4) is 0 Å². The van der Waals surface area contributed by atoms with Crippen molar-refractivity contribution in [3.05, 3.63) is 71.3 Å². The summed E-state index contributed by atoms with van der Waals surface area (Å²) >= 11 is 0. The number of nitrogens with zero attached hydrogens (tertiary/aromatic N) is 1. The Labute approximate surface area is 126 Å². The third-order valence-corrected chi connectivity index (χ3v) is 5.16. The summed E-state index contributed by atoms with van der Waals surface area (Å²) in [6.45, 7) is 2.35. The minimum Gasteiger partial charge on any atom is -0.324 e. The maximum Gasteiger partial charge on any atom is 0.0369 e. The van der Waals surface area contributed by atoms with Crippen molar-refractivity contribution < 1.29 is 0 Å². The van der Waals surface area contributed by atoms with Crippen molar-refractivity contribution in [1.82, 2.24) is 4.90 Å². The molecule has 2 nitrogen and oxygen atoms in total. The molecule has 2 N–H and O–H groups in total. The Morgan fingerprint density at radius 3 is 2.43 bits per heavy atom. The molecule has 3 unspecified atom stereocenters. The van der Waals surface area contributed by atoms with E-state index in [2.05, 4.69) is 59.5 Å². The molecular formula is C19H22N2. The molecule has 21 heavy (non-hydrogen) atoms. The molecule has 1 saturated heterocycles. The third kappa shape index (κ3) is 2.29. The quantitative estimate of drug-likeness (QED) is 0.909. The van der Waals surface area contributed by atoms with Crippen LogP contribution in [0.1, 0.15) is 47.5 Å². The Morgan fingerprint density at radius 2 is 1.62 bits per heavy atom. The Bertz CT molecular complexity index is 622. The lowest BCUT2D eigenvalue weighted by molar-refractivity contribution is 0.235. The van der Waals surface area contributed by atoms with Gasteiger partial charge in [0.05, 0.1) is 0 Å². The van der Waals surface area contributed by atoms with Crippen LogP contribution in [0, 0.1) is 0 Å². The molecule has 2 heteroatoms. The van der Waals surface area contributed by atoms with Crippen LogP contribution < -0.4 is 5.73 Å². The first-order valence-corrected chi connectivity index (χ1v) is 7.96. The first-order valence-electron chi connectivity index (χ1n) is 7.96. The van der Waals surface area contributed by atoms with Gasteiger partial charge in [-0.1, -0.05) is 54.6 Å². The number of likely N-dealkylation sites (tertiary alicyclic amines) is 1. The summed E-state index contributed by atoms with van der Waals surface area (Å²) < 4.78 is 0. The van der Waals surface area contributed by atoms with Crippen LogP contribution >= 0.6 is 0 Å². The summed E-state index contributed by atoms with van der Waals surface area (Å²) in [4.78, 5) is 2.64. The SMILES string of the molecule is NC1CC(N2CCC(c3ccccc3)C2)c2ccccc21. The molecule has 2 aliphatic rings. The smallest absolute Gasteiger partial charge is 0.0369 e. The Morgan fingerprint density at radius 1 is 0.905 bits per heavy atom. The molecule has 0 aromatic heterocycles. The zero-order valence-electron chi connectivity index (χ0n) is 12.3. The summed E-state index contributed by atoms with van der Waals surface area (Å²) in [6.07, 6.45) is 2.33. The molecule has 2 aromatic carbocycles. The van der Waals surface area contributed by atoms with Gasteiger partial charge in [0.1, 0.15) is 0 Å². The fourth-order valence-electron chi connectivity index (χ4n) is 4.06. The first-order chi connectivity index (χ1) is 10.3. The maximum atomic E-state index is 6.32. The van der Waals surface area contributed by atoms with E-state index in [-0.39, 0.29) is 6.04 Å². The number of benzene rings is 2. The summed E-state index contributed by atoms with van der Waals surface area (Å²) in [5.74, 6) is 0.676. The fraction of sp³-hybridized carbons (Fsp3) is 0.368. The van der Waals surface area contributed by atoms with Crippen LogP contribution in [0.5, 0.6) is 0 Å². The largest absolute Gasteiger partial charge is 0.324 e. The first kappa shape index (κ1) is 13.1. The van der Waals surface area contributed by atoms with Gasteiger partial charge >= 0.3 is 0 Å². The highest BCUT2D eigenvalue weighted by atomic mass is 15.2. The van der Waals surface area contributed by atoms with Crippen molar-refractivity contribution >= 4 is 0 Å². The number of hydrogen-bond acceptors (Lipinski definition) is 2. The van der Waals surface area contributed by atoms with E-state index in [4.69, 9.17) is 5.73 Å². The molecule has 0 bridgehead atoms. The van der Waals surface area contributed by atoms with Crippen molar-refractivity contribution in [2.75, 3.05) is 13.1 Å². The summed E-state index contributed by atoms with van der Waals surface area (Å²) in [7, 11) is 0. The highest BCUT2D eigenvalue weighted by Gasteiger charge is 2.36. The van der Waals surface area contributed by atoms with E-state index in [0.29, 0.717) is 12.0 Å². The van der Waals surface area contributed by atoms with E-state index >= 15 is 0 Å². The lowest BCUT2D eigenvalue weighted by atomic mass is 9.98. The minimum absolute atomic E-state index is 0.210. The van der Waals surface area contributed by atoms with Crippen molar-refractivity contribution in [1.29, 1.82) is 0 Å². The molecule has 4 rings (SSSR count). The second-order valence-corrected chi connectivity index (χ2v) is 6.38. The standard InChI is InChI=1S/C19H22N2/c20-18-12-19(17-9-5-4-8-16(17)18)21-11-10-15(13-21)14-6-2-1-3-7-14/h1-9,15,18-19H,10-13,20H2. The summed E-state index contributed by atoms with van der Waals surface area (Å²) in [5.41, 5.74) is 10.6. The van der Waals surface area contributed by atoms with Crippen LogP contribution in [0.15, 0.2) is 54.6 Å². The predicted molar refractivity (Wildman–Crippen MR) is 86.1 cm³/mol. The third-order valence-electron chi connectivity index (χ3n) is 5.16. The number of nitrogens with two attached hydrogens (primary N) is 1. The van der Waals surface area contributed by atoms with Crippen LogP contribution in [0.2, 0.25) is 0 Å². The molecule has 0 saturated carbocycles. The van der Waals surface area contributed by atoms with Gasteiger partial charge in [-0.3, -0.25) is 4.90 Å². The average Bonchev–Trinajstić information content (AvgIpc) is 3.14. The molecule has 1 fully saturated rings. The lowest BCUT2D eigenvalue weighted by Crippen LogP contribution is -2.25. The van der Waals surface area contributed by atoms with E-state index in [1.807, 2.05) is 0 Å². The molecule has 3 atom stereocenters. The summed E-state index contributed by atoms with van der Waals surface area (Å²) in [5, 5.41) is 0. The Balaban J connectivity index is 1.55.